The molecule has 1 saturated heterocycles. The number of hydrogen-bond acceptors (Lipinski definition) is 2. The van der Waals surface area contributed by atoms with Gasteiger partial charge < -0.3 is 10.6 Å². The molecule has 0 aliphatic carbocycles. The molecule has 2 N–H and O–H groups in total. The van der Waals surface area contributed by atoms with Crippen LogP contribution in [-0.2, 0) is 4.79 Å². The second-order valence-electron chi connectivity index (χ2n) is 4.47. The van der Waals surface area contributed by atoms with Gasteiger partial charge in [0, 0.05) is 16.7 Å². The molecule has 0 radical (unpaired) electrons. The van der Waals surface area contributed by atoms with Crippen LogP contribution < -0.4 is 10.6 Å². The van der Waals surface area contributed by atoms with E-state index in [-0.39, 0.29) is 11.9 Å². The van der Waals surface area contributed by atoms with Crippen LogP contribution in [-0.4, -0.2) is 18.5 Å². The molecule has 0 aromatic heterocycles. The molecule has 1 heterocycles. The Morgan fingerprint density at radius 2 is 2.24 bits per heavy atom. The Labute approximate surface area is 110 Å². The summed E-state index contributed by atoms with van der Waals surface area (Å²) in [4.78, 5) is 11.8. The molecule has 0 saturated carbocycles. The highest BCUT2D eigenvalue weighted by atomic mass is 79.9. The van der Waals surface area contributed by atoms with Gasteiger partial charge in [0.25, 0.3) is 0 Å². The molecule has 1 unspecified atom stereocenters. The number of anilines is 1. The quantitative estimate of drug-likeness (QED) is 0.881. The maximum atomic E-state index is 11.8. The standard InChI is InChI=1S/C13H17BrN2O/c1-9-5-6-11(10(14)8-9)16-12-4-2-3-7-15-13(12)17/h5-6,8,12,16H,2-4,7H2,1H3,(H,15,17). The van der Waals surface area contributed by atoms with Crippen molar-refractivity contribution in [1.82, 2.24) is 5.32 Å². The first-order valence-corrected chi connectivity index (χ1v) is 6.76. The van der Waals surface area contributed by atoms with Crippen molar-refractivity contribution >= 4 is 27.5 Å². The Kier molecular flexibility index (Phi) is 4.05. The summed E-state index contributed by atoms with van der Waals surface area (Å²) in [6.07, 6.45) is 3.05. The number of hydrogen-bond donors (Lipinski definition) is 2. The van der Waals surface area contributed by atoms with E-state index in [9.17, 15) is 4.79 Å². The van der Waals surface area contributed by atoms with Crippen molar-refractivity contribution < 1.29 is 4.79 Å². The van der Waals surface area contributed by atoms with Crippen LogP contribution in [0.4, 0.5) is 5.69 Å². The molecule has 92 valence electrons. The number of carbonyl (C=O) groups is 1. The highest BCUT2D eigenvalue weighted by molar-refractivity contribution is 9.10. The number of benzene rings is 1. The van der Waals surface area contributed by atoms with Crippen molar-refractivity contribution in [1.29, 1.82) is 0 Å². The van der Waals surface area contributed by atoms with Crippen LogP contribution in [0.15, 0.2) is 22.7 Å². The van der Waals surface area contributed by atoms with Gasteiger partial charge in [-0.2, -0.15) is 0 Å². The normalized spacial score (nSPS) is 20.6. The van der Waals surface area contributed by atoms with E-state index in [2.05, 4.69) is 32.6 Å². The van der Waals surface area contributed by atoms with Crippen molar-refractivity contribution in [2.24, 2.45) is 0 Å². The monoisotopic (exact) mass is 296 g/mol. The molecule has 1 fully saturated rings. The van der Waals surface area contributed by atoms with Gasteiger partial charge >= 0.3 is 0 Å². The van der Waals surface area contributed by atoms with Crippen molar-refractivity contribution in [3.63, 3.8) is 0 Å². The fourth-order valence-electron chi connectivity index (χ4n) is 2.00. The highest BCUT2D eigenvalue weighted by Crippen LogP contribution is 2.25. The maximum Gasteiger partial charge on any atom is 0.242 e. The lowest BCUT2D eigenvalue weighted by Crippen LogP contribution is -2.37. The predicted molar refractivity (Wildman–Crippen MR) is 73.2 cm³/mol. The van der Waals surface area contributed by atoms with Gasteiger partial charge in [0.2, 0.25) is 5.91 Å². The summed E-state index contributed by atoms with van der Waals surface area (Å²) in [6, 6.07) is 5.99. The minimum Gasteiger partial charge on any atom is -0.373 e. The lowest BCUT2D eigenvalue weighted by Gasteiger charge is -2.17. The lowest BCUT2D eigenvalue weighted by atomic mass is 10.1. The highest BCUT2D eigenvalue weighted by Gasteiger charge is 2.20. The third-order valence-electron chi connectivity index (χ3n) is 2.99. The van der Waals surface area contributed by atoms with E-state index < -0.39 is 0 Å². The number of amides is 1. The maximum absolute atomic E-state index is 11.8. The van der Waals surface area contributed by atoms with Crippen LogP contribution in [0, 0.1) is 6.92 Å². The molecule has 17 heavy (non-hydrogen) atoms. The van der Waals surface area contributed by atoms with E-state index in [4.69, 9.17) is 0 Å². The Morgan fingerprint density at radius 1 is 1.41 bits per heavy atom. The van der Waals surface area contributed by atoms with E-state index >= 15 is 0 Å². The van der Waals surface area contributed by atoms with Crippen LogP contribution in [0.2, 0.25) is 0 Å². The number of carbonyl (C=O) groups excluding carboxylic acids is 1. The Balaban J connectivity index is 2.10. The number of nitrogens with one attached hydrogen (secondary N) is 2. The molecule has 1 aromatic carbocycles. The number of aryl methyl sites for hydroxylation is 1. The van der Waals surface area contributed by atoms with E-state index in [0.29, 0.717) is 0 Å². The summed E-state index contributed by atoms with van der Waals surface area (Å²) in [6.45, 7) is 2.85. The number of halogens is 1. The van der Waals surface area contributed by atoms with E-state index in [1.165, 1.54) is 5.56 Å². The third kappa shape index (κ3) is 3.22. The second kappa shape index (κ2) is 5.54. The number of rotatable bonds is 2. The first-order valence-electron chi connectivity index (χ1n) is 5.97. The molecule has 1 amide bonds. The molecule has 1 aromatic rings. The third-order valence-corrected chi connectivity index (χ3v) is 3.65. The fraction of sp³-hybridized carbons (Fsp3) is 0.462. The zero-order valence-corrected chi connectivity index (χ0v) is 11.5. The first kappa shape index (κ1) is 12.4. The van der Waals surface area contributed by atoms with Gasteiger partial charge in [-0.1, -0.05) is 6.07 Å². The molecule has 0 spiro atoms. The van der Waals surface area contributed by atoms with Gasteiger partial charge in [0.15, 0.2) is 0 Å². The molecule has 1 aliphatic rings. The lowest BCUT2D eigenvalue weighted by molar-refractivity contribution is -0.121. The minimum absolute atomic E-state index is 0.106. The summed E-state index contributed by atoms with van der Waals surface area (Å²) in [7, 11) is 0. The predicted octanol–water partition coefficient (Wildman–Crippen LogP) is 2.84. The summed E-state index contributed by atoms with van der Waals surface area (Å²) in [5.74, 6) is 0.106. The average Bonchev–Trinajstić information content (AvgIpc) is 2.48. The van der Waals surface area contributed by atoms with Gasteiger partial charge in [-0.3, -0.25) is 4.79 Å². The van der Waals surface area contributed by atoms with Crippen LogP contribution in [0.3, 0.4) is 0 Å². The van der Waals surface area contributed by atoms with Crippen molar-refractivity contribution in [2.75, 3.05) is 11.9 Å². The molecular weight excluding hydrogens is 280 g/mol. The van der Waals surface area contributed by atoms with Crippen molar-refractivity contribution in [3.8, 4) is 0 Å². The molecule has 2 rings (SSSR count). The minimum atomic E-state index is -0.114. The SMILES string of the molecule is Cc1ccc(NC2CCCCNC2=O)c(Br)c1. The van der Waals surface area contributed by atoms with Gasteiger partial charge in [-0.05, 0) is 59.8 Å². The average molecular weight is 297 g/mol. The van der Waals surface area contributed by atoms with E-state index in [1.807, 2.05) is 19.1 Å². The van der Waals surface area contributed by atoms with Crippen LogP contribution in [0.5, 0.6) is 0 Å². The molecule has 4 heteroatoms. The first-order chi connectivity index (χ1) is 8.16. The summed E-state index contributed by atoms with van der Waals surface area (Å²) in [5.41, 5.74) is 2.19. The van der Waals surface area contributed by atoms with Gasteiger partial charge in [0.1, 0.15) is 6.04 Å². The zero-order chi connectivity index (χ0) is 12.3. The van der Waals surface area contributed by atoms with E-state index in [1.54, 1.807) is 0 Å². The zero-order valence-electron chi connectivity index (χ0n) is 9.92. The van der Waals surface area contributed by atoms with Crippen molar-refractivity contribution in [3.05, 3.63) is 28.2 Å². The largest absolute Gasteiger partial charge is 0.373 e. The van der Waals surface area contributed by atoms with Crippen LogP contribution in [0.25, 0.3) is 0 Å². The Morgan fingerprint density at radius 3 is 3.00 bits per heavy atom. The summed E-state index contributed by atoms with van der Waals surface area (Å²) in [5, 5.41) is 6.24. The van der Waals surface area contributed by atoms with Gasteiger partial charge in [0.05, 0.1) is 0 Å². The molecule has 1 atom stereocenters. The molecule has 3 nitrogen and oxygen atoms in total. The van der Waals surface area contributed by atoms with Gasteiger partial charge in [-0.15, -0.1) is 0 Å². The van der Waals surface area contributed by atoms with Gasteiger partial charge in [-0.25, -0.2) is 0 Å². The van der Waals surface area contributed by atoms with E-state index in [0.717, 1.165) is 36.0 Å². The Hall–Kier alpha value is -1.03. The smallest absolute Gasteiger partial charge is 0.242 e. The fourth-order valence-corrected chi connectivity index (χ4v) is 2.61. The summed E-state index contributed by atoms with van der Waals surface area (Å²) < 4.78 is 1.01. The van der Waals surface area contributed by atoms with Crippen molar-refractivity contribution in [2.45, 2.75) is 32.2 Å². The van der Waals surface area contributed by atoms with Crippen LogP contribution in [0.1, 0.15) is 24.8 Å². The second-order valence-corrected chi connectivity index (χ2v) is 5.32. The topological polar surface area (TPSA) is 41.1 Å². The Bertz CT molecular complexity index is 420. The molecular formula is C13H17BrN2O. The molecule has 1 aliphatic heterocycles. The summed E-state index contributed by atoms with van der Waals surface area (Å²) >= 11 is 3.52. The molecule has 0 bridgehead atoms. The van der Waals surface area contributed by atoms with Crippen LogP contribution >= 0.6 is 15.9 Å².